The summed E-state index contributed by atoms with van der Waals surface area (Å²) in [6.45, 7) is 1.94. The van der Waals surface area contributed by atoms with E-state index in [1.807, 2.05) is 31.2 Å². The van der Waals surface area contributed by atoms with Gasteiger partial charge in [-0.1, -0.05) is 6.07 Å². The lowest BCUT2D eigenvalue weighted by molar-refractivity contribution is 0.476. The summed E-state index contributed by atoms with van der Waals surface area (Å²) in [6, 6.07) is 9.36. The molecule has 1 aromatic carbocycles. The molecule has 4 nitrogen and oxygen atoms in total. The first-order chi connectivity index (χ1) is 9.24. The molecule has 0 aliphatic heterocycles. The maximum absolute atomic E-state index is 9.95. The first-order valence-electron chi connectivity index (χ1n) is 5.99. The highest BCUT2D eigenvalue weighted by molar-refractivity contribution is 5.68. The number of imidazole rings is 1. The number of phenols is 1. The van der Waals surface area contributed by atoms with Crippen molar-refractivity contribution in [2.75, 3.05) is 0 Å². The van der Waals surface area contributed by atoms with Gasteiger partial charge in [0.25, 0.3) is 0 Å². The lowest BCUT2D eigenvalue weighted by Crippen LogP contribution is -1.83. The topological polar surface area (TPSA) is 61.8 Å². The Morgan fingerprint density at radius 1 is 1.16 bits per heavy atom. The van der Waals surface area contributed by atoms with Crippen molar-refractivity contribution in [3.8, 4) is 28.4 Å². The van der Waals surface area contributed by atoms with Gasteiger partial charge in [-0.15, -0.1) is 0 Å². The van der Waals surface area contributed by atoms with Crippen molar-refractivity contribution >= 4 is 0 Å². The standard InChI is InChI=1S/C15H13N3O/c1-10-4-5-12(14(19)7-10)15-17-9-13(18-15)11-3-2-6-16-8-11/h2-9,19H,1H3,(H,17,18). The molecule has 2 aromatic heterocycles. The molecule has 0 amide bonds. The third-order valence-electron chi connectivity index (χ3n) is 2.96. The monoisotopic (exact) mass is 251 g/mol. The van der Waals surface area contributed by atoms with Gasteiger partial charge in [-0.3, -0.25) is 4.98 Å². The Hall–Kier alpha value is -2.62. The van der Waals surface area contributed by atoms with Crippen LogP contribution in [0.3, 0.4) is 0 Å². The fourth-order valence-electron chi connectivity index (χ4n) is 1.97. The van der Waals surface area contributed by atoms with E-state index in [1.165, 1.54) is 0 Å². The number of pyridine rings is 1. The Kier molecular flexibility index (Phi) is 2.76. The largest absolute Gasteiger partial charge is 0.507 e. The summed E-state index contributed by atoms with van der Waals surface area (Å²) in [5.74, 6) is 0.878. The third-order valence-corrected chi connectivity index (χ3v) is 2.96. The van der Waals surface area contributed by atoms with Crippen molar-refractivity contribution < 1.29 is 5.11 Å². The van der Waals surface area contributed by atoms with Gasteiger partial charge in [0.1, 0.15) is 11.6 Å². The molecule has 3 aromatic rings. The number of hydrogen-bond acceptors (Lipinski definition) is 3. The molecule has 0 bridgehead atoms. The van der Waals surface area contributed by atoms with Gasteiger partial charge >= 0.3 is 0 Å². The number of aromatic hydroxyl groups is 1. The first kappa shape index (κ1) is 11.5. The number of aryl methyl sites for hydroxylation is 1. The SMILES string of the molecule is Cc1ccc(-c2ncc(-c3cccnc3)[nH]2)c(O)c1. The Labute approximate surface area is 110 Å². The number of H-pyrrole nitrogens is 1. The second-order valence-corrected chi connectivity index (χ2v) is 4.41. The average molecular weight is 251 g/mol. The quantitative estimate of drug-likeness (QED) is 0.735. The second kappa shape index (κ2) is 4.57. The van der Waals surface area contributed by atoms with Gasteiger partial charge in [0.15, 0.2) is 0 Å². The van der Waals surface area contributed by atoms with Crippen LogP contribution in [0.2, 0.25) is 0 Å². The van der Waals surface area contributed by atoms with E-state index in [2.05, 4.69) is 15.0 Å². The molecule has 2 heterocycles. The number of aromatic amines is 1. The number of aromatic nitrogens is 3. The molecular formula is C15H13N3O. The summed E-state index contributed by atoms with van der Waals surface area (Å²) in [6.07, 6.45) is 5.24. The van der Waals surface area contributed by atoms with Crippen LogP contribution in [0.4, 0.5) is 0 Å². The fourth-order valence-corrected chi connectivity index (χ4v) is 1.97. The van der Waals surface area contributed by atoms with Crippen LogP contribution in [0.25, 0.3) is 22.6 Å². The molecule has 94 valence electrons. The van der Waals surface area contributed by atoms with E-state index in [4.69, 9.17) is 0 Å². The molecule has 0 aliphatic carbocycles. The van der Waals surface area contributed by atoms with Crippen LogP contribution in [0.1, 0.15) is 5.56 Å². The molecule has 0 unspecified atom stereocenters. The summed E-state index contributed by atoms with van der Waals surface area (Å²) < 4.78 is 0. The highest BCUT2D eigenvalue weighted by atomic mass is 16.3. The van der Waals surface area contributed by atoms with E-state index in [0.29, 0.717) is 11.4 Å². The van der Waals surface area contributed by atoms with E-state index in [0.717, 1.165) is 16.8 Å². The highest BCUT2D eigenvalue weighted by Gasteiger charge is 2.09. The number of nitrogens with zero attached hydrogens (tertiary/aromatic N) is 2. The van der Waals surface area contributed by atoms with Gasteiger partial charge in [0.2, 0.25) is 0 Å². The maximum atomic E-state index is 9.95. The summed E-state index contributed by atoms with van der Waals surface area (Å²) in [7, 11) is 0. The van der Waals surface area contributed by atoms with Crippen molar-refractivity contribution in [1.82, 2.24) is 15.0 Å². The Bertz CT molecular complexity index is 704. The Morgan fingerprint density at radius 3 is 2.79 bits per heavy atom. The molecule has 0 fully saturated rings. The minimum absolute atomic E-state index is 0.229. The number of rotatable bonds is 2. The number of phenolic OH excluding ortho intramolecular Hbond substituents is 1. The molecule has 0 saturated heterocycles. The van der Waals surface area contributed by atoms with Gasteiger partial charge in [-0.25, -0.2) is 4.98 Å². The van der Waals surface area contributed by atoms with Crippen LogP contribution in [0.5, 0.6) is 5.75 Å². The number of hydrogen-bond donors (Lipinski definition) is 2. The fraction of sp³-hybridized carbons (Fsp3) is 0.0667. The lowest BCUT2D eigenvalue weighted by atomic mass is 10.1. The molecule has 0 atom stereocenters. The Balaban J connectivity index is 2.02. The van der Waals surface area contributed by atoms with Gasteiger partial charge in [0, 0.05) is 18.0 Å². The molecule has 0 saturated carbocycles. The second-order valence-electron chi connectivity index (χ2n) is 4.41. The van der Waals surface area contributed by atoms with Crippen LogP contribution in [0, 0.1) is 6.92 Å². The predicted octanol–water partition coefficient (Wildman–Crippen LogP) is 3.15. The van der Waals surface area contributed by atoms with E-state index in [-0.39, 0.29) is 5.75 Å². The minimum Gasteiger partial charge on any atom is -0.507 e. The zero-order chi connectivity index (χ0) is 13.2. The molecule has 19 heavy (non-hydrogen) atoms. The zero-order valence-corrected chi connectivity index (χ0v) is 10.5. The van der Waals surface area contributed by atoms with Gasteiger partial charge in [-0.05, 0) is 36.8 Å². The maximum Gasteiger partial charge on any atom is 0.141 e. The summed E-state index contributed by atoms with van der Waals surface area (Å²) in [4.78, 5) is 11.6. The van der Waals surface area contributed by atoms with Crippen LogP contribution in [0.15, 0.2) is 48.9 Å². The summed E-state index contributed by atoms with van der Waals surface area (Å²) in [5, 5.41) is 9.95. The molecule has 3 rings (SSSR count). The molecule has 0 spiro atoms. The third kappa shape index (κ3) is 2.20. The number of benzene rings is 1. The van der Waals surface area contributed by atoms with Crippen molar-refractivity contribution in [1.29, 1.82) is 0 Å². The summed E-state index contributed by atoms with van der Waals surface area (Å²) >= 11 is 0. The van der Waals surface area contributed by atoms with Crippen molar-refractivity contribution in [2.45, 2.75) is 6.92 Å². The van der Waals surface area contributed by atoms with Gasteiger partial charge in [-0.2, -0.15) is 0 Å². The van der Waals surface area contributed by atoms with E-state index < -0.39 is 0 Å². The Morgan fingerprint density at radius 2 is 2.05 bits per heavy atom. The van der Waals surface area contributed by atoms with E-state index in [1.54, 1.807) is 24.7 Å². The molecule has 4 heteroatoms. The normalized spacial score (nSPS) is 10.6. The van der Waals surface area contributed by atoms with E-state index in [9.17, 15) is 5.11 Å². The lowest BCUT2D eigenvalue weighted by Gasteiger charge is -2.02. The minimum atomic E-state index is 0.229. The number of nitrogens with one attached hydrogen (secondary N) is 1. The predicted molar refractivity (Wildman–Crippen MR) is 73.7 cm³/mol. The van der Waals surface area contributed by atoms with Gasteiger partial charge < -0.3 is 10.1 Å². The van der Waals surface area contributed by atoms with Crippen LogP contribution in [-0.2, 0) is 0 Å². The first-order valence-corrected chi connectivity index (χ1v) is 5.99. The summed E-state index contributed by atoms with van der Waals surface area (Å²) in [5.41, 5.74) is 3.55. The smallest absolute Gasteiger partial charge is 0.141 e. The molecule has 0 aliphatic rings. The average Bonchev–Trinajstić information content (AvgIpc) is 2.89. The molecular weight excluding hydrogens is 238 g/mol. The van der Waals surface area contributed by atoms with Crippen molar-refractivity contribution in [2.24, 2.45) is 0 Å². The van der Waals surface area contributed by atoms with E-state index >= 15 is 0 Å². The van der Waals surface area contributed by atoms with Crippen LogP contribution >= 0.6 is 0 Å². The van der Waals surface area contributed by atoms with Crippen molar-refractivity contribution in [3.05, 3.63) is 54.5 Å². The zero-order valence-electron chi connectivity index (χ0n) is 10.5. The van der Waals surface area contributed by atoms with Crippen molar-refractivity contribution in [3.63, 3.8) is 0 Å². The van der Waals surface area contributed by atoms with Crippen LogP contribution < -0.4 is 0 Å². The molecule has 2 N–H and O–H groups in total. The van der Waals surface area contributed by atoms with Crippen LogP contribution in [-0.4, -0.2) is 20.1 Å². The van der Waals surface area contributed by atoms with Gasteiger partial charge in [0.05, 0.1) is 17.5 Å². The highest BCUT2D eigenvalue weighted by Crippen LogP contribution is 2.29. The molecule has 0 radical (unpaired) electrons.